The molecule has 9 nitrogen and oxygen atoms in total. The summed E-state index contributed by atoms with van der Waals surface area (Å²) in [5.74, 6) is 1.87. The van der Waals surface area contributed by atoms with Crippen LogP contribution in [0.2, 0.25) is 0 Å². The van der Waals surface area contributed by atoms with Crippen LogP contribution in [0.5, 0.6) is 17.2 Å². The number of nitrogens with zero attached hydrogens (tertiary/aromatic N) is 3. The molecular weight excluding hydrogens is 743 g/mol. The Kier molecular flexibility index (Phi) is 11.5. The Labute approximate surface area is 333 Å². The second-order valence-corrected chi connectivity index (χ2v) is 15.2. The summed E-state index contributed by atoms with van der Waals surface area (Å²) in [6.07, 6.45) is 0. The summed E-state index contributed by atoms with van der Waals surface area (Å²) in [4.78, 5) is 33.8. The summed E-state index contributed by atoms with van der Waals surface area (Å²) in [7, 11) is 4.81. The molecule has 56 heavy (non-hydrogen) atoms. The number of rotatable bonds is 14. The Morgan fingerprint density at radius 2 is 1.30 bits per heavy atom. The van der Waals surface area contributed by atoms with Gasteiger partial charge < -0.3 is 28.4 Å². The minimum atomic E-state index is -0.205. The molecule has 7 aromatic rings. The fraction of sp³-hybridized carbons (Fsp3) is 0.178. The van der Waals surface area contributed by atoms with Crippen molar-refractivity contribution in [3.05, 3.63) is 157 Å². The van der Waals surface area contributed by atoms with E-state index in [4.69, 9.17) is 18.6 Å². The van der Waals surface area contributed by atoms with Gasteiger partial charge in [-0.15, -0.1) is 22.7 Å². The Hall–Kier alpha value is -6.35. The molecule has 3 aromatic heterocycles. The van der Waals surface area contributed by atoms with E-state index in [1.807, 2.05) is 73.7 Å². The van der Waals surface area contributed by atoms with Crippen molar-refractivity contribution in [1.82, 2.24) is 9.80 Å². The van der Waals surface area contributed by atoms with Gasteiger partial charge in [-0.2, -0.15) is 5.26 Å². The lowest BCUT2D eigenvalue weighted by atomic mass is 10.1. The lowest BCUT2D eigenvalue weighted by Gasteiger charge is -2.23. The minimum Gasteiger partial charge on any atom is -0.496 e. The summed E-state index contributed by atoms with van der Waals surface area (Å²) in [6, 6.07) is 34.1. The van der Waals surface area contributed by atoms with Gasteiger partial charge in [-0.3, -0.25) is 9.59 Å². The van der Waals surface area contributed by atoms with Crippen molar-refractivity contribution < 1.29 is 28.2 Å². The molecule has 0 aliphatic carbocycles. The van der Waals surface area contributed by atoms with E-state index in [1.54, 1.807) is 78.1 Å². The van der Waals surface area contributed by atoms with E-state index >= 15 is 0 Å². The number of carbonyl (C=O) groups is 2. The zero-order chi connectivity index (χ0) is 39.2. The number of methoxy groups -OCH3 is 3. The number of hydrogen-bond acceptors (Lipinski definition) is 9. The first-order chi connectivity index (χ1) is 27.3. The molecule has 0 bridgehead atoms. The average Bonchev–Trinajstić information content (AvgIpc) is 3.99. The highest BCUT2D eigenvalue weighted by Crippen LogP contribution is 2.34. The average molecular weight is 782 g/mol. The number of furan rings is 1. The van der Waals surface area contributed by atoms with E-state index in [2.05, 4.69) is 29.0 Å². The van der Waals surface area contributed by atoms with Crippen molar-refractivity contribution >= 4 is 45.5 Å². The summed E-state index contributed by atoms with van der Waals surface area (Å²) in [5.41, 5.74) is 6.31. The molecule has 0 radical (unpaired) electrons. The zero-order valence-electron chi connectivity index (χ0n) is 31.4. The van der Waals surface area contributed by atoms with Gasteiger partial charge in [0, 0.05) is 38.4 Å². The van der Waals surface area contributed by atoms with E-state index in [1.165, 1.54) is 0 Å². The zero-order valence-corrected chi connectivity index (χ0v) is 33.0. The second-order valence-electron chi connectivity index (χ2n) is 13.2. The first-order valence-corrected chi connectivity index (χ1v) is 19.6. The van der Waals surface area contributed by atoms with Crippen molar-refractivity contribution in [3.8, 4) is 34.4 Å². The van der Waals surface area contributed by atoms with Crippen LogP contribution in [0, 0.1) is 18.3 Å². The molecule has 0 N–H and O–H groups in total. The molecule has 0 atom stereocenters. The van der Waals surface area contributed by atoms with Crippen LogP contribution in [-0.4, -0.2) is 42.9 Å². The fourth-order valence-corrected chi connectivity index (χ4v) is 8.45. The van der Waals surface area contributed by atoms with Gasteiger partial charge in [0.2, 0.25) is 0 Å². The number of para-hydroxylation sites is 2. The van der Waals surface area contributed by atoms with Gasteiger partial charge in [0.15, 0.2) is 17.3 Å². The summed E-state index contributed by atoms with van der Waals surface area (Å²) in [6.45, 7) is 3.31. The third-order valence-corrected chi connectivity index (χ3v) is 11.4. The molecule has 0 spiro atoms. The Bertz CT molecular complexity index is 2550. The number of fused-ring (bicyclic) bond motifs is 1. The molecule has 0 fully saturated rings. The van der Waals surface area contributed by atoms with Gasteiger partial charge in [-0.25, -0.2) is 0 Å². The van der Waals surface area contributed by atoms with Gasteiger partial charge in [0.05, 0.1) is 52.6 Å². The van der Waals surface area contributed by atoms with Crippen LogP contribution in [0.3, 0.4) is 0 Å². The first-order valence-electron chi connectivity index (χ1n) is 17.8. The summed E-state index contributed by atoms with van der Waals surface area (Å²) < 4.78 is 22.8. The van der Waals surface area contributed by atoms with Gasteiger partial charge >= 0.3 is 0 Å². The predicted octanol–water partition coefficient (Wildman–Crippen LogP) is 10.1. The maximum atomic E-state index is 14.3. The number of benzene rings is 4. The van der Waals surface area contributed by atoms with E-state index in [-0.39, 0.29) is 11.8 Å². The van der Waals surface area contributed by atoms with Crippen LogP contribution in [0.15, 0.2) is 118 Å². The van der Waals surface area contributed by atoms with Gasteiger partial charge in [0.1, 0.15) is 11.3 Å². The smallest absolute Gasteiger partial charge is 0.290 e. The molecule has 3 heterocycles. The van der Waals surface area contributed by atoms with Crippen molar-refractivity contribution in [2.24, 2.45) is 0 Å². The van der Waals surface area contributed by atoms with E-state index in [9.17, 15) is 14.9 Å². The van der Waals surface area contributed by atoms with Crippen LogP contribution >= 0.6 is 22.7 Å². The highest BCUT2D eigenvalue weighted by Gasteiger charge is 2.25. The van der Waals surface area contributed by atoms with Crippen molar-refractivity contribution in [2.75, 3.05) is 21.3 Å². The minimum absolute atomic E-state index is 0.146. The third kappa shape index (κ3) is 8.17. The lowest BCUT2D eigenvalue weighted by Crippen LogP contribution is -2.30. The SMILES string of the molecule is COc1ccccc1CN(Cc1cc(-c2csc(CN(Cc3ccc(OC)c(OC)c3)C(=O)c3oc4ccccc4c3C)c2)cs1)C(=O)c1ccc(C#N)cc1. The molecule has 282 valence electrons. The lowest BCUT2D eigenvalue weighted by molar-refractivity contribution is 0.0699. The number of amides is 2. The van der Waals surface area contributed by atoms with Crippen molar-refractivity contribution in [1.29, 1.82) is 5.26 Å². The Balaban J connectivity index is 1.14. The number of nitriles is 1. The van der Waals surface area contributed by atoms with Gasteiger partial charge in [0.25, 0.3) is 11.8 Å². The molecule has 0 aliphatic heterocycles. The highest BCUT2D eigenvalue weighted by atomic mass is 32.1. The Morgan fingerprint density at radius 3 is 1.95 bits per heavy atom. The molecule has 4 aromatic carbocycles. The van der Waals surface area contributed by atoms with E-state index in [0.29, 0.717) is 65.9 Å². The molecule has 11 heteroatoms. The highest BCUT2D eigenvalue weighted by molar-refractivity contribution is 7.11. The molecule has 0 unspecified atom stereocenters. The quantitative estimate of drug-likeness (QED) is 0.108. The fourth-order valence-electron chi connectivity index (χ4n) is 6.64. The molecule has 2 amide bonds. The van der Waals surface area contributed by atoms with Gasteiger partial charge in [-0.05, 0) is 95.0 Å². The van der Waals surface area contributed by atoms with Crippen LogP contribution in [0.1, 0.15) is 52.9 Å². The number of aryl methyl sites for hydroxylation is 1. The van der Waals surface area contributed by atoms with E-state index in [0.717, 1.165) is 43.0 Å². The molecule has 0 saturated carbocycles. The monoisotopic (exact) mass is 781 g/mol. The van der Waals surface area contributed by atoms with Crippen LogP contribution < -0.4 is 14.2 Å². The summed E-state index contributed by atoms with van der Waals surface area (Å²) in [5, 5.41) is 14.4. The van der Waals surface area contributed by atoms with Crippen LogP contribution in [-0.2, 0) is 26.2 Å². The maximum Gasteiger partial charge on any atom is 0.290 e. The van der Waals surface area contributed by atoms with Crippen molar-refractivity contribution in [2.45, 2.75) is 33.1 Å². The largest absolute Gasteiger partial charge is 0.496 e. The first kappa shape index (κ1) is 37.9. The van der Waals surface area contributed by atoms with Crippen LogP contribution in [0.25, 0.3) is 22.1 Å². The normalized spacial score (nSPS) is 10.9. The summed E-state index contributed by atoms with van der Waals surface area (Å²) >= 11 is 3.17. The Morgan fingerprint density at radius 1 is 0.679 bits per heavy atom. The van der Waals surface area contributed by atoms with Gasteiger partial charge in [-0.1, -0.05) is 42.5 Å². The number of carbonyl (C=O) groups excluding carboxylic acids is 2. The van der Waals surface area contributed by atoms with Crippen molar-refractivity contribution in [3.63, 3.8) is 0 Å². The number of thiophene rings is 2. The third-order valence-electron chi connectivity index (χ3n) is 9.58. The molecule has 7 rings (SSSR count). The number of hydrogen-bond donors (Lipinski definition) is 0. The van der Waals surface area contributed by atoms with Crippen LogP contribution in [0.4, 0.5) is 0 Å². The van der Waals surface area contributed by atoms with E-state index < -0.39 is 0 Å². The standard InChI is InChI=1S/C45H39N3O6S2/c1-29-38-10-6-8-12-40(38)54-43(29)45(50)47(23-31-15-18-41(52-3)42(19-31)53-4)25-36-20-34(27-55-36)35-21-37(56-28-35)26-48(24-33-9-5-7-11-39(33)51-2)44(49)32-16-13-30(22-46)14-17-32/h5-21,27-28H,23-26H2,1-4H3. The molecule has 0 saturated heterocycles. The second kappa shape index (κ2) is 17.0. The maximum absolute atomic E-state index is 14.3. The number of ether oxygens (including phenoxy) is 3. The molecular formula is C45H39N3O6S2. The topological polar surface area (TPSA) is 105 Å². The molecule has 0 aliphatic rings. The predicted molar refractivity (Wildman–Crippen MR) is 219 cm³/mol.